The van der Waals surface area contributed by atoms with Crippen LogP contribution in [-0.2, 0) is 14.6 Å². The average Bonchev–Trinajstić information content (AvgIpc) is 2.54. The lowest BCUT2D eigenvalue weighted by Crippen LogP contribution is -2.40. The van der Waals surface area contributed by atoms with Gasteiger partial charge < -0.3 is 9.64 Å². The highest BCUT2D eigenvalue weighted by molar-refractivity contribution is 7.95. The standard InChI is InChI=1S/C15H17N3O5S/c1-16-14(18(2)3)17-15(20)23-9-10-8-12(19)11-6-4-5-7-13(11)24(10,21)22/h4-8H,9H2,1-3H3,(H,16,17,20). The number of hydrogen-bond acceptors (Lipinski definition) is 6. The number of allylic oxidation sites excluding steroid dienone is 1. The molecule has 128 valence electrons. The summed E-state index contributed by atoms with van der Waals surface area (Å²) in [5.74, 6) is -0.189. The van der Waals surface area contributed by atoms with Gasteiger partial charge in [-0.25, -0.2) is 13.2 Å². The van der Waals surface area contributed by atoms with Crippen molar-refractivity contribution in [1.82, 2.24) is 10.2 Å². The van der Waals surface area contributed by atoms with Gasteiger partial charge in [0.15, 0.2) is 5.78 Å². The summed E-state index contributed by atoms with van der Waals surface area (Å²) in [5.41, 5.74) is 0.110. The number of rotatable bonds is 2. The summed E-state index contributed by atoms with van der Waals surface area (Å²) >= 11 is 0. The van der Waals surface area contributed by atoms with Crippen molar-refractivity contribution in [3.8, 4) is 0 Å². The lowest BCUT2D eigenvalue weighted by molar-refractivity contribution is 0.104. The third kappa shape index (κ3) is 3.46. The molecule has 8 nitrogen and oxygen atoms in total. The van der Waals surface area contributed by atoms with Crippen LogP contribution in [0.5, 0.6) is 0 Å². The van der Waals surface area contributed by atoms with Gasteiger partial charge in [0.25, 0.3) is 0 Å². The van der Waals surface area contributed by atoms with E-state index in [1.165, 1.54) is 25.2 Å². The molecule has 1 amide bonds. The number of sulfone groups is 1. The van der Waals surface area contributed by atoms with E-state index >= 15 is 0 Å². The van der Waals surface area contributed by atoms with Gasteiger partial charge in [0.05, 0.1) is 9.80 Å². The zero-order valence-corrected chi connectivity index (χ0v) is 14.3. The second kappa shape index (κ2) is 6.83. The Labute approximate surface area is 139 Å². The summed E-state index contributed by atoms with van der Waals surface area (Å²) in [5, 5.41) is 2.37. The van der Waals surface area contributed by atoms with Crippen molar-refractivity contribution in [3.05, 3.63) is 40.8 Å². The van der Waals surface area contributed by atoms with Crippen LogP contribution >= 0.6 is 0 Å². The second-order valence-electron chi connectivity index (χ2n) is 5.12. The molecule has 0 bridgehead atoms. The fraction of sp³-hybridized carbons (Fsp3) is 0.267. The molecule has 9 heteroatoms. The number of hydrogen-bond donors (Lipinski definition) is 1. The number of aliphatic imine (C=N–C) groups is 1. The molecule has 0 radical (unpaired) electrons. The van der Waals surface area contributed by atoms with E-state index in [0.717, 1.165) is 6.08 Å². The predicted octanol–water partition coefficient (Wildman–Crippen LogP) is 0.814. The van der Waals surface area contributed by atoms with Crippen LogP contribution < -0.4 is 5.32 Å². The Morgan fingerprint density at radius 3 is 2.58 bits per heavy atom. The zero-order chi connectivity index (χ0) is 17.9. The van der Waals surface area contributed by atoms with Crippen molar-refractivity contribution in [2.75, 3.05) is 27.7 Å². The Hall–Kier alpha value is -2.68. The van der Waals surface area contributed by atoms with Gasteiger partial charge in [0.2, 0.25) is 15.8 Å². The van der Waals surface area contributed by atoms with Crippen molar-refractivity contribution in [2.24, 2.45) is 4.99 Å². The molecular weight excluding hydrogens is 334 g/mol. The summed E-state index contributed by atoms with van der Waals surface area (Å²) < 4.78 is 29.9. The van der Waals surface area contributed by atoms with Crippen molar-refractivity contribution in [2.45, 2.75) is 4.90 Å². The minimum absolute atomic E-state index is 0.0828. The molecule has 0 spiro atoms. The molecule has 1 N–H and O–H groups in total. The first kappa shape index (κ1) is 17.7. The molecule has 2 rings (SSSR count). The summed E-state index contributed by atoms with van der Waals surface area (Å²) in [6.07, 6.45) is 0.109. The molecule has 0 unspecified atom stereocenters. The number of carbonyl (C=O) groups excluding carboxylic acids is 2. The van der Waals surface area contributed by atoms with Crippen LogP contribution in [0.4, 0.5) is 4.79 Å². The molecule has 1 aromatic rings. The SMILES string of the molecule is CN=C(NC(=O)OCC1=CC(=O)c2ccccc2S1(=O)=O)N(C)C. The lowest BCUT2D eigenvalue weighted by atomic mass is 10.1. The highest BCUT2D eigenvalue weighted by Gasteiger charge is 2.31. The smallest absolute Gasteiger partial charge is 0.414 e. The number of benzene rings is 1. The minimum atomic E-state index is -3.87. The molecular formula is C15H17N3O5S. The first-order chi connectivity index (χ1) is 11.3. The van der Waals surface area contributed by atoms with Crippen molar-refractivity contribution >= 4 is 27.7 Å². The molecule has 1 aliphatic heterocycles. The van der Waals surface area contributed by atoms with Crippen LogP contribution in [0.3, 0.4) is 0 Å². The highest BCUT2D eigenvalue weighted by atomic mass is 32.2. The highest BCUT2D eigenvalue weighted by Crippen LogP contribution is 2.28. The summed E-state index contributed by atoms with van der Waals surface area (Å²) in [4.78, 5) is 28.8. The third-order valence-corrected chi connectivity index (χ3v) is 5.14. The quantitative estimate of drug-likeness (QED) is 0.624. The van der Waals surface area contributed by atoms with E-state index < -0.39 is 28.3 Å². The second-order valence-corrected chi connectivity index (χ2v) is 7.09. The van der Waals surface area contributed by atoms with Crippen LogP contribution in [0.2, 0.25) is 0 Å². The van der Waals surface area contributed by atoms with Gasteiger partial charge in [-0.3, -0.25) is 15.1 Å². The van der Waals surface area contributed by atoms with E-state index in [1.54, 1.807) is 25.1 Å². The number of fused-ring (bicyclic) bond motifs is 1. The van der Waals surface area contributed by atoms with E-state index in [1.807, 2.05) is 0 Å². The summed E-state index contributed by atoms with van der Waals surface area (Å²) in [6, 6.07) is 5.91. The first-order valence-electron chi connectivity index (χ1n) is 6.94. The molecule has 0 fully saturated rings. The Kier molecular flexibility index (Phi) is 5.03. The van der Waals surface area contributed by atoms with Crippen molar-refractivity contribution in [3.63, 3.8) is 0 Å². The number of ether oxygens (including phenoxy) is 1. The number of alkyl carbamates (subject to hydrolysis) is 1. The topological polar surface area (TPSA) is 105 Å². The molecule has 1 heterocycles. The van der Waals surface area contributed by atoms with Gasteiger partial charge in [-0.1, -0.05) is 12.1 Å². The molecule has 1 aromatic carbocycles. The summed E-state index contributed by atoms with van der Waals surface area (Å²) in [6.45, 7) is -0.543. The van der Waals surface area contributed by atoms with Gasteiger partial charge in [0, 0.05) is 32.8 Å². The van der Waals surface area contributed by atoms with Gasteiger partial charge in [0.1, 0.15) is 6.61 Å². The van der Waals surface area contributed by atoms with Crippen LogP contribution in [-0.4, -0.2) is 58.9 Å². The predicted molar refractivity (Wildman–Crippen MR) is 87.6 cm³/mol. The molecule has 0 saturated carbocycles. The van der Waals surface area contributed by atoms with E-state index in [9.17, 15) is 18.0 Å². The third-order valence-electron chi connectivity index (χ3n) is 3.27. The van der Waals surface area contributed by atoms with Crippen molar-refractivity contribution < 1.29 is 22.7 Å². The van der Waals surface area contributed by atoms with Crippen molar-refractivity contribution in [1.29, 1.82) is 0 Å². The average molecular weight is 351 g/mol. The molecule has 1 aliphatic rings. The maximum atomic E-state index is 12.5. The van der Waals surface area contributed by atoms with E-state index in [2.05, 4.69) is 10.3 Å². The first-order valence-corrected chi connectivity index (χ1v) is 8.42. The van der Waals surface area contributed by atoms with E-state index in [-0.39, 0.29) is 21.3 Å². The van der Waals surface area contributed by atoms with Crippen LogP contribution in [0.1, 0.15) is 10.4 Å². The van der Waals surface area contributed by atoms with Crippen LogP contribution in [0.25, 0.3) is 0 Å². The maximum Gasteiger partial charge on any atom is 0.414 e. The van der Waals surface area contributed by atoms with E-state index in [0.29, 0.717) is 0 Å². The molecule has 0 aromatic heterocycles. The Bertz CT molecular complexity index is 840. The summed E-state index contributed by atoms with van der Waals surface area (Å²) in [7, 11) is 0.964. The van der Waals surface area contributed by atoms with Crippen LogP contribution in [0.15, 0.2) is 45.1 Å². The number of guanidine groups is 1. The number of nitrogens with one attached hydrogen (secondary N) is 1. The number of carbonyl (C=O) groups is 2. The molecule has 0 aliphatic carbocycles. The number of ketones is 1. The van der Waals surface area contributed by atoms with Gasteiger partial charge in [-0.05, 0) is 12.1 Å². The maximum absolute atomic E-state index is 12.5. The van der Waals surface area contributed by atoms with Gasteiger partial charge >= 0.3 is 6.09 Å². The Morgan fingerprint density at radius 1 is 1.29 bits per heavy atom. The van der Waals surface area contributed by atoms with Gasteiger partial charge in [-0.15, -0.1) is 0 Å². The fourth-order valence-electron chi connectivity index (χ4n) is 2.10. The normalized spacial score (nSPS) is 16.0. The van der Waals surface area contributed by atoms with E-state index in [4.69, 9.17) is 4.74 Å². The molecule has 24 heavy (non-hydrogen) atoms. The lowest BCUT2D eigenvalue weighted by Gasteiger charge is -2.18. The van der Waals surface area contributed by atoms with Crippen LogP contribution in [0, 0.1) is 0 Å². The molecule has 0 atom stereocenters. The monoisotopic (exact) mass is 351 g/mol. The zero-order valence-electron chi connectivity index (χ0n) is 13.4. The Balaban J connectivity index is 2.14. The van der Waals surface area contributed by atoms with Gasteiger partial charge in [-0.2, -0.15) is 0 Å². The number of nitrogens with zero attached hydrogens (tertiary/aromatic N) is 2. The minimum Gasteiger partial charge on any atom is -0.444 e. The largest absolute Gasteiger partial charge is 0.444 e. The molecule has 0 saturated heterocycles. The fourth-order valence-corrected chi connectivity index (χ4v) is 3.57. The number of amides is 1. The Morgan fingerprint density at radius 2 is 1.96 bits per heavy atom.